The molecule has 0 radical (unpaired) electrons. The zero-order valence-corrected chi connectivity index (χ0v) is 18.7. The summed E-state index contributed by atoms with van der Waals surface area (Å²) in [7, 11) is 1.41. The molecular weight excluding hydrogens is 410 g/mol. The van der Waals surface area contributed by atoms with E-state index in [2.05, 4.69) is 4.98 Å². The van der Waals surface area contributed by atoms with E-state index >= 15 is 0 Å². The summed E-state index contributed by atoms with van der Waals surface area (Å²) in [4.78, 5) is 44.1. The molecule has 32 heavy (non-hydrogen) atoms. The molecule has 0 bridgehead atoms. The van der Waals surface area contributed by atoms with Crippen molar-refractivity contribution < 1.29 is 5.11 Å². The molecule has 0 amide bonds. The molecule has 0 spiro atoms. The lowest BCUT2D eigenvalue weighted by Gasteiger charge is -2.13. The van der Waals surface area contributed by atoms with Crippen LogP contribution in [0.1, 0.15) is 39.2 Å². The second-order valence-electron chi connectivity index (χ2n) is 8.45. The predicted octanol–water partition coefficient (Wildman–Crippen LogP) is 2.20. The van der Waals surface area contributed by atoms with Gasteiger partial charge in [0.2, 0.25) is 11.7 Å². The Labute approximate surface area is 183 Å². The number of hydrogen-bond donors (Lipinski definition) is 1. The minimum Gasteiger partial charge on any atom is -0.494 e. The standard InChI is InChI=1S/C23H27N5O4/c1-5-6-12-16-19(29)27(15-10-8-7-9-11-15)22-24-18-17(28(22)20(16)30)21(31)25(4)23(32)26(18)13-14(2)3/h7-11,14,30H,5-6,12-13H2,1-4H3. The van der Waals surface area contributed by atoms with Crippen molar-refractivity contribution in [2.24, 2.45) is 13.0 Å². The van der Waals surface area contributed by atoms with E-state index in [-0.39, 0.29) is 39.9 Å². The van der Waals surface area contributed by atoms with Crippen LogP contribution in [0.5, 0.6) is 5.88 Å². The number of hydrogen-bond acceptors (Lipinski definition) is 5. The van der Waals surface area contributed by atoms with E-state index in [1.165, 1.54) is 20.6 Å². The number of rotatable bonds is 6. The molecule has 3 aromatic heterocycles. The van der Waals surface area contributed by atoms with Crippen LogP contribution >= 0.6 is 0 Å². The number of para-hydroxylation sites is 1. The fraction of sp³-hybridized carbons (Fsp3) is 0.391. The van der Waals surface area contributed by atoms with Crippen LogP contribution in [0.25, 0.3) is 22.6 Å². The van der Waals surface area contributed by atoms with Crippen LogP contribution in [0.3, 0.4) is 0 Å². The van der Waals surface area contributed by atoms with Crippen molar-refractivity contribution in [1.29, 1.82) is 0 Å². The van der Waals surface area contributed by atoms with E-state index < -0.39 is 11.2 Å². The topological polar surface area (TPSA) is 104 Å². The smallest absolute Gasteiger partial charge is 0.332 e. The van der Waals surface area contributed by atoms with Crippen molar-refractivity contribution in [1.82, 2.24) is 23.1 Å². The molecule has 4 aromatic rings. The summed E-state index contributed by atoms with van der Waals surface area (Å²) in [6, 6.07) is 8.96. The molecule has 168 valence electrons. The molecule has 1 aromatic carbocycles. The Morgan fingerprint density at radius 2 is 1.75 bits per heavy atom. The lowest BCUT2D eigenvalue weighted by Crippen LogP contribution is -2.39. The van der Waals surface area contributed by atoms with E-state index in [9.17, 15) is 19.5 Å². The number of imidazole rings is 1. The van der Waals surface area contributed by atoms with Gasteiger partial charge in [0, 0.05) is 13.6 Å². The maximum Gasteiger partial charge on any atom is 0.332 e. The van der Waals surface area contributed by atoms with Crippen molar-refractivity contribution in [3.8, 4) is 11.6 Å². The van der Waals surface area contributed by atoms with Gasteiger partial charge >= 0.3 is 5.69 Å². The van der Waals surface area contributed by atoms with Gasteiger partial charge in [0.25, 0.3) is 11.1 Å². The highest BCUT2D eigenvalue weighted by molar-refractivity contribution is 5.77. The van der Waals surface area contributed by atoms with Gasteiger partial charge in [0.05, 0.1) is 11.3 Å². The highest BCUT2D eigenvalue weighted by Crippen LogP contribution is 2.24. The minimum absolute atomic E-state index is 0.0719. The van der Waals surface area contributed by atoms with Gasteiger partial charge in [-0.15, -0.1) is 0 Å². The predicted molar refractivity (Wildman–Crippen MR) is 123 cm³/mol. The molecule has 0 saturated carbocycles. The fourth-order valence-electron chi connectivity index (χ4n) is 4.01. The monoisotopic (exact) mass is 437 g/mol. The summed E-state index contributed by atoms with van der Waals surface area (Å²) in [6.07, 6.45) is 1.89. The van der Waals surface area contributed by atoms with Crippen molar-refractivity contribution in [2.75, 3.05) is 0 Å². The van der Waals surface area contributed by atoms with Crippen molar-refractivity contribution in [3.05, 3.63) is 67.1 Å². The van der Waals surface area contributed by atoms with E-state index in [0.29, 0.717) is 25.1 Å². The van der Waals surface area contributed by atoms with Gasteiger partial charge in [0.15, 0.2) is 11.2 Å². The van der Waals surface area contributed by atoms with Crippen LogP contribution in [-0.4, -0.2) is 28.2 Å². The number of aromatic hydroxyl groups is 1. The first-order valence-electron chi connectivity index (χ1n) is 10.8. The first-order chi connectivity index (χ1) is 15.3. The molecular formula is C23H27N5O4. The second-order valence-corrected chi connectivity index (χ2v) is 8.45. The lowest BCUT2D eigenvalue weighted by molar-refractivity contribution is 0.435. The van der Waals surface area contributed by atoms with E-state index in [1.54, 1.807) is 24.3 Å². The van der Waals surface area contributed by atoms with Gasteiger partial charge in [-0.1, -0.05) is 45.4 Å². The zero-order valence-electron chi connectivity index (χ0n) is 18.7. The third-order valence-corrected chi connectivity index (χ3v) is 5.61. The lowest BCUT2D eigenvalue weighted by atomic mass is 10.1. The van der Waals surface area contributed by atoms with Crippen LogP contribution in [0.2, 0.25) is 0 Å². The number of benzene rings is 1. The van der Waals surface area contributed by atoms with E-state index in [1.807, 2.05) is 26.8 Å². The molecule has 0 unspecified atom stereocenters. The van der Waals surface area contributed by atoms with Crippen LogP contribution in [-0.2, 0) is 20.0 Å². The quantitative estimate of drug-likeness (QED) is 0.498. The Morgan fingerprint density at radius 3 is 2.38 bits per heavy atom. The largest absolute Gasteiger partial charge is 0.494 e. The Kier molecular flexibility index (Phi) is 5.50. The van der Waals surface area contributed by atoms with Crippen LogP contribution in [0.15, 0.2) is 44.7 Å². The molecule has 4 rings (SSSR count). The molecule has 0 atom stereocenters. The minimum atomic E-state index is -0.576. The Bertz CT molecular complexity index is 1490. The van der Waals surface area contributed by atoms with Gasteiger partial charge in [-0.05, 0) is 30.9 Å². The summed E-state index contributed by atoms with van der Waals surface area (Å²) in [5.74, 6) is -0.0997. The summed E-state index contributed by atoms with van der Waals surface area (Å²) in [5.41, 5.74) is -0.455. The number of fused-ring (bicyclic) bond motifs is 3. The summed E-state index contributed by atoms with van der Waals surface area (Å²) in [5, 5.41) is 11.1. The van der Waals surface area contributed by atoms with Crippen molar-refractivity contribution >= 4 is 16.9 Å². The number of aromatic nitrogens is 5. The molecule has 0 fully saturated rings. The molecule has 0 aliphatic rings. The average Bonchev–Trinajstić information content (AvgIpc) is 3.16. The fourth-order valence-corrected chi connectivity index (χ4v) is 4.01. The van der Waals surface area contributed by atoms with Gasteiger partial charge < -0.3 is 5.11 Å². The van der Waals surface area contributed by atoms with Gasteiger partial charge in [-0.3, -0.25) is 18.7 Å². The molecule has 9 heteroatoms. The first-order valence-corrected chi connectivity index (χ1v) is 10.8. The Morgan fingerprint density at radius 1 is 1.06 bits per heavy atom. The van der Waals surface area contributed by atoms with E-state index in [0.717, 1.165) is 11.0 Å². The second kappa shape index (κ2) is 8.14. The maximum absolute atomic E-state index is 13.5. The Balaban J connectivity index is 2.27. The summed E-state index contributed by atoms with van der Waals surface area (Å²) in [6.45, 7) is 6.25. The summed E-state index contributed by atoms with van der Waals surface area (Å²) >= 11 is 0. The normalized spacial score (nSPS) is 11.8. The SMILES string of the molecule is CCCCc1c(O)n2c3c(=O)n(C)c(=O)n(CC(C)C)c3nc2n(-c2ccccc2)c1=O. The van der Waals surface area contributed by atoms with Gasteiger partial charge in [-0.25, -0.2) is 13.8 Å². The zero-order chi connectivity index (χ0) is 23.2. The third kappa shape index (κ3) is 3.24. The molecule has 0 saturated heterocycles. The first kappa shape index (κ1) is 21.6. The molecule has 1 N–H and O–H groups in total. The molecule has 9 nitrogen and oxygen atoms in total. The average molecular weight is 438 g/mol. The third-order valence-electron chi connectivity index (χ3n) is 5.61. The molecule has 0 aliphatic carbocycles. The molecule has 0 aliphatic heterocycles. The number of nitrogens with zero attached hydrogens (tertiary/aromatic N) is 5. The van der Waals surface area contributed by atoms with Gasteiger partial charge in [-0.2, -0.15) is 4.98 Å². The van der Waals surface area contributed by atoms with Crippen molar-refractivity contribution in [3.63, 3.8) is 0 Å². The van der Waals surface area contributed by atoms with Crippen LogP contribution in [0, 0.1) is 5.92 Å². The van der Waals surface area contributed by atoms with E-state index in [4.69, 9.17) is 0 Å². The maximum atomic E-state index is 13.5. The Hall–Kier alpha value is -3.62. The highest BCUT2D eigenvalue weighted by Gasteiger charge is 2.25. The highest BCUT2D eigenvalue weighted by atomic mass is 16.3. The molecule has 3 heterocycles. The van der Waals surface area contributed by atoms with Crippen molar-refractivity contribution in [2.45, 2.75) is 46.6 Å². The van der Waals surface area contributed by atoms with Gasteiger partial charge in [0.1, 0.15) is 0 Å². The summed E-state index contributed by atoms with van der Waals surface area (Å²) < 4.78 is 5.16. The van der Waals surface area contributed by atoms with Crippen LogP contribution in [0.4, 0.5) is 0 Å². The van der Waals surface area contributed by atoms with Crippen LogP contribution < -0.4 is 16.8 Å². The number of unbranched alkanes of at least 4 members (excludes halogenated alkanes) is 1.